The molecule has 8 heteroatoms. The Hall–Kier alpha value is -3.29. The highest BCUT2D eigenvalue weighted by Gasteiger charge is 2.22. The number of hydrogen-bond acceptors (Lipinski definition) is 6. The molecule has 1 amide bonds. The lowest BCUT2D eigenvalue weighted by molar-refractivity contribution is -0.384. The molecule has 0 atom stereocenters. The highest BCUT2D eigenvalue weighted by atomic mass is 16.6. The van der Waals surface area contributed by atoms with Crippen LogP contribution in [0.5, 0.6) is 11.5 Å². The Labute approximate surface area is 157 Å². The monoisotopic (exact) mass is 371 g/mol. The third-order valence-corrected chi connectivity index (χ3v) is 4.48. The molecule has 8 nitrogen and oxygen atoms in total. The number of carbonyl (C=O) groups excluding carboxylic acids is 1. The van der Waals surface area contributed by atoms with E-state index in [0.717, 1.165) is 5.69 Å². The number of rotatable bonds is 6. The van der Waals surface area contributed by atoms with Crippen LogP contribution < -0.4 is 14.4 Å². The summed E-state index contributed by atoms with van der Waals surface area (Å²) in [5.41, 5.74) is 0.985. The molecule has 3 rings (SSSR count). The van der Waals surface area contributed by atoms with Gasteiger partial charge in [0.05, 0.1) is 12.0 Å². The molecule has 2 aromatic carbocycles. The number of anilines is 1. The van der Waals surface area contributed by atoms with Gasteiger partial charge in [-0.3, -0.25) is 14.9 Å². The first-order chi connectivity index (χ1) is 13.1. The SMILES string of the molecule is COc1ccccc1OCC(=O)N1CCN(c2ccc([N+](=O)[O-])cc2)CC1. The molecule has 0 spiro atoms. The average Bonchev–Trinajstić information content (AvgIpc) is 2.72. The number of para-hydroxylation sites is 2. The lowest BCUT2D eigenvalue weighted by Crippen LogP contribution is -2.50. The summed E-state index contributed by atoms with van der Waals surface area (Å²) in [6.07, 6.45) is 0. The number of amides is 1. The summed E-state index contributed by atoms with van der Waals surface area (Å²) in [5.74, 6) is 1.05. The number of benzene rings is 2. The fourth-order valence-corrected chi connectivity index (χ4v) is 2.97. The van der Waals surface area contributed by atoms with Crippen molar-refractivity contribution in [3.05, 3.63) is 58.6 Å². The zero-order valence-electron chi connectivity index (χ0n) is 15.0. The summed E-state index contributed by atoms with van der Waals surface area (Å²) < 4.78 is 10.8. The smallest absolute Gasteiger partial charge is 0.269 e. The molecule has 0 saturated carbocycles. The first kappa shape index (κ1) is 18.5. The minimum Gasteiger partial charge on any atom is -0.493 e. The Morgan fingerprint density at radius 1 is 1.04 bits per heavy atom. The fourth-order valence-electron chi connectivity index (χ4n) is 2.97. The Morgan fingerprint density at radius 2 is 1.67 bits per heavy atom. The number of nitrogens with zero attached hydrogens (tertiary/aromatic N) is 3. The van der Waals surface area contributed by atoms with Gasteiger partial charge in [0, 0.05) is 44.0 Å². The van der Waals surface area contributed by atoms with Gasteiger partial charge in [-0.05, 0) is 24.3 Å². The van der Waals surface area contributed by atoms with Crippen LogP contribution in [0.15, 0.2) is 48.5 Å². The van der Waals surface area contributed by atoms with Crippen LogP contribution in [0.4, 0.5) is 11.4 Å². The molecule has 1 aliphatic rings. The largest absolute Gasteiger partial charge is 0.493 e. The van der Waals surface area contributed by atoms with Crippen molar-refractivity contribution in [2.75, 3.05) is 44.8 Å². The average molecular weight is 371 g/mol. The van der Waals surface area contributed by atoms with Crippen LogP contribution in [-0.4, -0.2) is 55.6 Å². The molecule has 27 heavy (non-hydrogen) atoms. The van der Waals surface area contributed by atoms with Crippen LogP contribution in [0.3, 0.4) is 0 Å². The van der Waals surface area contributed by atoms with Gasteiger partial charge in [-0.15, -0.1) is 0 Å². The highest BCUT2D eigenvalue weighted by Crippen LogP contribution is 2.26. The second kappa shape index (κ2) is 8.39. The standard InChI is InChI=1S/C19H21N3O5/c1-26-17-4-2-3-5-18(17)27-14-19(23)21-12-10-20(11-13-21)15-6-8-16(9-7-15)22(24)25/h2-9H,10-14H2,1H3. The first-order valence-electron chi connectivity index (χ1n) is 8.61. The summed E-state index contributed by atoms with van der Waals surface area (Å²) in [6, 6.07) is 13.7. The van der Waals surface area contributed by atoms with Crippen molar-refractivity contribution in [1.29, 1.82) is 0 Å². The van der Waals surface area contributed by atoms with Gasteiger partial charge < -0.3 is 19.3 Å². The Morgan fingerprint density at radius 3 is 2.26 bits per heavy atom. The number of piperazine rings is 1. The number of ether oxygens (including phenoxy) is 2. The number of methoxy groups -OCH3 is 1. The molecule has 1 heterocycles. The van der Waals surface area contributed by atoms with Gasteiger partial charge in [0.2, 0.25) is 0 Å². The van der Waals surface area contributed by atoms with Gasteiger partial charge in [0.15, 0.2) is 18.1 Å². The van der Waals surface area contributed by atoms with E-state index in [1.165, 1.54) is 12.1 Å². The van der Waals surface area contributed by atoms with Gasteiger partial charge in [-0.25, -0.2) is 0 Å². The van der Waals surface area contributed by atoms with E-state index in [9.17, 15) is 14.9 Å². The molecule has 0 aromatic heterocycles. The molecule has 1 fully saturated rings. The van der Waals surface area contributed by atoms with Gasteiger partial charge in [-0.1, -0.05) is 12.1 Å². The Bertz CT molecular complexity index is 801. The van der Waals surface area contributed by atoms with E-state index in [1.807, 2.05) is 12.1 Å². The summed E-state index contributed by atoms with van der Waals surface area (Å²) in [6.45, 7) is 2.44. The van der Waals surface area contributed by atoms with E-state index in [2.05, 4.69) is 4.90 Å². The fraction of sp³-hybridized carbons (Fsp3) is 0.316. The van der Waals surface area contributed by atoms with Crippen LogP contribution in [0.1, 0.15) is 0 Å². The predicted molar refractivity (Wildman–Crippen MR) is 100 cm³/mol. The number of hydrogen-bond donors (Lipinski definition) is 0. The number of carbonyl (C=O) groups is 1. The second-order valence-corrected chi connectivity index (χ2v) is 6.08. The van der Waals surface area contributed by atoms with Gasteiger partial charge >= 0.3 is 0 Å². The Kier molecular flexibility index (Phi) is 5.75. The zero-order chi connectivity index (χ0) is 19.2. The molecule has 0 bridgehead atoms. The number of non-ortho nitro benzene ring substituents is 1. The van der Waals surface area contributed by atoms with Crippen LogP contribution in [0.25, 0.3) is 0 Å². The molecular formula is C19H21N3O5. The van der Waals surface area contributed by atoms with E-state index in [4.69, 9.17) is 9.47 Å². The predicted octanol–water partition coefficient (Wildman–Crippen LogP) is 2.33. The van der Waals surface area contributed by atoms with Crippen LogP contribution in [0.2, 0.25) is 0 Å². The normalized spacial score (nSPS) is 14.0. The van der Waals surface area contributed by atoms with Crippen LogP contribution in [-0.2, 0) is 4.79 Å². The van der Waals surface area contributed by atoms with Crippen molar-refractivity contribution in [2.45, 2.75) is 0 Å². The van der Waals surface area contributed by atoms with Crippen molar-refractivity contribution in [3.63, 3.8) is 0 Å². The summed E-state index contributed by atoms with van der Waals surface area (Å²) in [5, 5.41) is 10.7. The minimum absolute atomic E-state index is 0.0437. The molecular weight excluding hydrogens is 350 g/mol. The minimum atomic E-state index is -0.415. The summed E-state index contributed by atoms with van der Waals surface area (Å²) in [7, 11) is 1.56. The Balaban J connectivity index is 1.51. The summed E-state index contributed by atoms with van der Waals surface area (Å²) in [4.78, 5) is 26.6. The maximum absolute atomic E-state index is 12.4. The highest BCUT2D eigenvalue weighted by molar-refractivity contribution is 5.78. The first-order valence-corrected chi connectivity index (χ1v) is 8.61. The van der Waals surface area contributed by atoms with Crippen molar-refractivity contribution < 1.29 is 19.2 Å². The topological polar surface area (TPSA) is 85.2 Å². The van der Waals surface area contributed by atoms with E-state index >= 15 is 0 Å². The zero-order valence-corrected chi connectivity index (χ0v) is 15.0. The van der Waals surface area contributed by atoms with E-state index in [0.29, 0.717) is 37.7 Å². The van der Waals surface area contributed by atoms with E-state index < -0.39 is 4.92 Å². The van der Waals surface area contributed by atoms with Crippen molar-refractivity contribution >= 4 is 17.3 Å². The quantitative estimate of drug-likeness (QED) is 0.572. The van der Waals surface area contributed by atoms with E-state index in [1.54, 1.807) is 36.3 Å². The summed E-state index contributed by atoms with van der Waals surface area (Å²) >= 11 is 0. The van der Waals surface area contributed by atoms with Crippen molar-refractivity contribution in [1.82, 2.24) is 4.90 Å². The molecule has 0 radical (unpaired) electrons. The van der Waals surface area contributed by atoms with Gasteiger partial charge in [0.1, 0.15) is 0 Å². The molecule has 1 aliphatic heterocycles. The van der Waals surface area contributed by atoms with Gasteiger partial charge in [0.25, 0.3) is 11.6 Å². The van der Waals surface area contributed by atoms with Crippen molar-refractivity contribution in [2.24, 2.45) is 0 Å². The van der Waals surface area contributed by atoms with E-state index in [-0.39, 0.29) is 18.2 Å². The van der Waals surface area contributed by atoms with Crippen LogP contribution >= 0.6 is 0 Å². The molecule has 0 N–H and O–H groups in total. The van der Waals surface area contributed by atoms with Crippen LogP contribution in [0, 0.1) is 10.1 Å². The lowest BCUT2D eigenvalue weighted by Gasteiger charge is -2.36. The molecule has 1 saturated heterocycles. The molecule has 0 aliphatic carbocycles. The van der Waals surface area contributed by atoms with Gasteiger partial charge in [-0.2, -0.15) is 0 Å². The third kappa shape index (κ3) is 4.46. The molecule has 2 aromatic rings. The third-order valence-electron chi connectivity index (χ3n) is 4.48. The molecule has 142 valence electrons. The van der Waals surface area contributed by atoms with Crippen molar-refractivity contribution in [3.8, 4) is 11.5 Å². The number of nitro benzene ring substituents is 1. The maximum atomic E-state index is 12.4. The maximum Gasteiger partial charge on any atom is 0.269 e. The second-order valence-electron chi connectivity index (χ2n) is 6.08. The molecule has 0 unspecified atom stereocenters. The lowest BCUT2D eigenvalue weighted by atomic mass is 10.2. The number of nitro groups is 1.